The number of benzene rings is 1. The molecule has 20 heavy (non-hydrogen) atoms. The summed E-state index contributed by atoms with van der Waals surface area (Å²) >= 11 is 0. The average Bonchev–Trinajstić information content (AvgIpc) is 2.65. The quantitative estimate of drug-likeness (QED) is 0.834. The molecule has 2 atom stereocenters. The van der Waals surface area contributed by atoms with Gasteiger partial charge in [-0.05, 0) is 45.4 Å². The number of carbonyl (C=O) groups is 1. The van der Waals surface area contributed by atoms with Gasteiger partial charge in [0.15, 0.2) is 0 Å². The Morgan fingerprint density at radius 3 is 2.85 bits per heavy atom. The Morgan fingerprint density at radius 1 is 1.35 bits per heavy atom. The number of nitrogen functional groups attached to an aromatic ring is 1. The smallest absolute Gasteiger partial charge is 0.241 e. The van der Waals surface area contributed by atoms with Crippen molar-refractivity contribution >= 4 is 17.3 Å². The number of hydrogen-bond donors (Lipinski definition) is 2. The van der Waals surface area contributed by atoms with Gasteiger partial charge in [-0.15, -0.1) is 0 Å². The summed E-state index contributed by atoms with van der Waals surface area (Å²) in [7, 11) is 0. The highest BCUT2D eigenvalue weighted by Gasteiger charge is 2.26. The third-order valence-corrected chi connectivity index (χ3v) is 4.20. The summed E-state index contributed by atoms with van der Waals surface area (Å²) < 4.78 is 0. The number of rotatable bonds is 3. The van der Waals surface area contributed by atoms with Crippen molar-refractivity contribution in [1.29, 1.82) is 0 Å². The number of nitrogens with two attached hydrogens (primary N) is 1. The zero-order valence-electron chi connectivity index (χ0n) is 12.4. The highest BCUT2D eigenvalue weighted by atomic mass is 16.2. The van der Waals surface area contributed by atoms with Gasteiger partial charge < -0.3 is 11.1 Å². The summed E-state index contributed by atoms with van der Waals surface area (Å²) in [6, 6.07) is 7.73. The molecule has 1 amide bonds. The molecule has 1 heterocycles. The van der Waals surface area contributed by atoms with E-state index in [1.54, 1.807) is 6.07 Å². The molecule has 0 radical (unpaired) electrons. The lowest BCUT2D eigenvalue weighted by atomic mass is 10.1. The molecule has 110 valence electrons. The minimum absolute atomic E-state index is 0.0247. The standard InChI is InChI=1S/C16H25N3O/c1-12-8-4-3-7-11-19(12)13(2)16(20)18-15-10-6-5-9-14(15)17/h5-6,9-10,12-13H,3-4,7-8,11,17H2,1-2H3,(H,18,20). The normalized spacial score (nSPS) is 22.0. The van der Waals surface area contributed by atoms with Gasteiger partial charge in [0.2, 0.25) is 5.91 Å². The average molecular weight is 275 g/mol. The third kappa shape index (κ3) is 3.51. The van der Waals surface area contributed by atoms with Crippen molar-refractivity contribution in [3.63, 3.8) is 0 Å². The molecule has 0 bridgehead atoms. The third-order valence-electron chi connectivity index (χ3n) is 4.20. The predicted molar refractivity (Wildman–Crippen MR) is 83.6 cm³/mol. The van der Waals surface area contributed by atoms with Gasteiger partial charge in [-0.25, -0.2) is 0 Å². The summed E-state index contributed by atoms with van der Waals surface area (Å²) in [6.45, 7) is 5.20. The van der Waals surface area contributed by atoms with Crippen LogP contribution >= 0.6 is 0 Å². The number of anilines is 2. The predicted octanol–water partition coefficient (Wildman–Crippen LogP) is 2.86. The van der Waals surface area contributed by atoms with Crippen LogP contribution in [0.15, 0.2) is 24.3 Å². The van der Waals surface area contributed by atoms with E-state index in [0.29, 0.717) is 17.4 Å². The maximum atomic E-state index is 12.4. The van der Waals surface area contributed by atoms with Crippen molar-refractivity contribution in [1.82, 2.24) is 4.90 Å². The largest absolute Gasteiger partial charge is 0.397 e. The Labute approximate surface area is 121 Å². The van der Waals surface area contributed by atoms with Crippen LogP contribution in [0.2, 0.25) is 0 Å². The second-order valence-electron chi connectivity index (χ2n) is 5.69. The number of likely N-dealkylation sites (tertiary alicyclic amines) is 1. The van der Waals surface area contributed by atoms with Crippen molar-refractivity contribution in [2.45, 2.75) is 51.6 Å². The van der Waals surface area contributed by atoms with Gasteiger partial charge in [-0.3, -0.25) is 9.69 Å². The van der Waals surface area contributed by atoms with E-state index < -0.39 is 0 Å². The van der Waals surface area contributed by atoms with E-state index in [2.05, 4.69) is 17.1 Å². The Bertz CT molecular complexity index is 461. The van der Waals surface area contributed by atoms with Crippen molar-refractivity contribution in [3.05, 3.63) is 24.3 Å². The molecule has 0 aliphatic carbocycles. The Kier molecular flexibility index (Phi) is 5.01. The van der Waals surface area contributed by atoms with Crippen molar-refractivity contribution < 1.29 is 4.79 Å². The fourth-order valence-electron chi connectivity index (χ4n) is 2.87. The van der Waals surface area contributed by atoms with Crippen LogP contribution in [0, 0.1) is 0 Å². The van der Waals surface area contributed by atoms with Gasteiger partial charge in [0.1, 0.15) is 0 Å². The van der Waals surface area contributed by atoms with E-state index in [1.165, 1.54) is 25.7 Å². The molecule has 1 saturated heterocycles. The topological polar surface area (TPSA) is 58.4 Å². The maximum Gasteiger partial charge on any atom is 0.241 e. The first kappa shape index (κ1) is 14.9. The van der Waals surface area contributed by atoms with Crippen LogP contribution < -0.4 is 11.1 Å². The highest BCUT2D eigenvalue weighted by Crippen LogP contribution is 2.21. The zero-order valence-corrected chi connectivity index (χ0v) is 12.4. The van der Waals surface area contributed by atoms with Crippen LogP contribution in [0.4, 0.5) is 11.4 Å². The molecule has 4 nitrogen and oxygen atoms in total. The summed E-state index contributed by atoms with van der Waals surface area (Å²) in [6.07, 6.45) is 4.87. The number of para-hydroxylation sites is 2. The monoisotopic (exact) mass is 275 g/mol. The molecule has 3 N–H and O–H groups in total. The molecule has 1 aromatic carbocycles. The van der Waals surface area contributed by atoms with E-state index in [0.717, 1.165) is 6.54 Å². The molecule has 1 aliphatic rings. The molecular weight excluding hydrogens is 250 g/mol. The van der Waals surface area contributed by atoms with E-state index in [4.69, 9.17) is 5.73 Å². The zero-order chi connectivity index (χ0) is 14.5. The van der Waals surface area contributed by atoms with Crippen molar-refractivity contribution in [2.75, 3.05) is 17.6 Å². The van der Waals surface area contributed by atoms with Crippen LogP contribution in [0.3, 0.4) is 0 Å². The lowest BCUT2D eigenvalue weighted by Crippen LogP contribution is -2.46. The number of carbonyl (C=O) groups excluding carboxylic acids is 1. The van der Waals surface area contributed by atoms with E-state index in [1.807, 2.05) is 25.1 Å². The number of hydrogen-bond acceptors (Lipinski definition) is 3. The first-order valence-corrected chi connectivity index (χ1v) is 7.50. The van der Waals surface area contributed by atoms with Crippen LogP contribution in [-0.4, -0.2) is 29.4 Å². The number of nitrogens with one attached hydrogen (secondary N) is 1. The van der Waals surface area contributed by atoms with Crippen molar-refractivity contribution in [3.8, 4) is 0 Å². The van der Waals surface area contributed by atoms with Crippen LogP contribution in [0.1, 0.15) is 39.5 Å². The SMILES string of the molecule is CC1CCCCCN1C(C)C(=O)Nc1ccccc1N. The molecular formula is C16H25N3O. The fourth-order valence-corrected chi connectivity index (χ4v) is 2.87. The van der Waals surface area contributed by atoms with Gasteiger partial charge in [0.25, 0.3) is 0 Å². The van der Waals surface area contributed by atoms with Gasteiger partial charge in [0.05, 0.1) is 17.4 Å². The molecule has 4 heteroatoms. The molecule has 0 saturated carbocycles. The van der Waals surface area contributed by atoms with E-state index in [-0.39, 0.29) is 11.9 Å². The molecule has 0 aromatic heterocycles. The van der Waals surface area contributed by atoms with Gasteiger partial charge in [-0.1, -0.05) is 25.0 Å². The lowest BCUT2D eigenvalue weighted by Gasteiger charge is -2.32. The minimum Gasteiger partial charge on any atom is -0.397 e. The Balaban J connectivity index is 2.02. The molecule has 1 aliphatic heterocycles. The molecule has 1 aromatic rings. The van der Waals surface area contributed by atoms with E-state index in [9.17, 15) is 4.79 Å². The number of amides is 1. The van der Waals surface area contributed by atoms with Crippen molar-refractivity contribution in [2.24, 2.45) is 0 Å². The molecule has 0 spiro atoms. The van der Waals surface area contributed by atoms with Crippen LogP contribution in [-0.2, 0) is 4.79 Å². The first-order valence-electron chi connectivity index (χ1n) is 7.50. The lowest BCUT2D eigenvalue weighted by molar-refractivity contribution is -0.121. The summed E-state index contributed by atoms with van der Waals surface area (Å²) in [4.78, 5) is 14.7. The number of nitrogens with zero attached hydrogens (tertiary/aromatic N) is 1. The van der Waals surface area contributed by atoms with Gasteiger partial charge in [-0.2, -0.15) is 0 Å². The summed E-state index contributed by atoms with van der Waals surface area (Å²) in [5, 5.41) is 2.94. The Morgan fingerprint density at radius 2 is 2.10 bits per heavy atom. The minimum atomic E-state index is -0.122. The van der Waals surface area contributed by atoms with Gasteiger partial charge >= 0.3 is 0 Å². The van der Waals surface area contributed by atoms with Crippen LogP contribution in [0.25, 0.3) is 0 Å². The fraction of sp³-hybridized carbons (Fsp3) is 0.562. The molecule has 1 fully saturated rings. The van der Waals surface area contributed by atoms with Crippen LogP contribution in [0.5, 0.6) is 0 Å². The second-order valence-corrected chi connectivity index (χ2v) is 5.69. The summed E-state index contributed by atoms with van der Waals surface area (Å²) in [5.74, 6) is 0.0247. The Hall–Kier alpha value is -1.55. The second kappa shape index (κ2) is 6.75. The maximum absolute atomic E-state index is 12.4. The van der Waals surface area contributed by atoms with Gasteiger partial charge in [0, 0.05) is 6.04 Å². The first-order chi connectivity index (χ1) is 9.59. The highest BCUT2D eigenvalue weighted by molar-refractivity contribution is 5.97. The molecule has 2 rings (SSSR count). The summed E-state index contributed by atoms with van der Waals surface area (Å²) in [5.41, 5.74) is 7.18. The van der Waals surface area contributed by atoms with E-state index >= 15 is 0 Å². The molecule has 2 unspecified atom stereocenters.